The number of nitrogens with zero attached hydrogens (tertiary/aromatic N) is 3. The van der Waals surface area contributed by atoms with E-state index in [9.17, 15) is 9.59 Å². The molecule has 5 rings (SSSR count). The number of fused-ring (bicyclic) bond motifs is 1. The van der Waals surface area contributed by atoms with Crippen molar-refractivity contribution in [2.75, 3.05) is 45.8 Å². The Morgan fingerprint density at radius 1 is 0.909 bits per heavy atom. The van der Waals surface area contributed by atoms with Crippen molar-refractivity contribution in [3.05, 3.63) is 105 Å². The van der Waals surface area contributed by atoms with Crippen LogP contribution in [0.2, 0.25) is 10.0 Å². The zero-order valence-corrected chi connectivity index (χ0v) is 27.2. The second-order valence-electron chi connectivity index (χ2n) is 11.7. The normalized spacial score (nSPS) is 18.5. The Kier molecular flexibility index (Phi) is 11.3. The molecule has 3 atom stereocenters. The van der Waals surface area contributed by atoms with Gasteiger partial charge in [-0.15, -0.1) is 0 Å². The summed E-state index contributed by atoms with van der Waals surface area (Å²) in [6, 6.07) is 22.8. The Morgan fingerprint density at radius 3 is 2.25 bits per heavy atom. The van der Waals surface area contributed by atoms with Crippen LogP contribution >= 0.6 is 23.2 Å². The Balaban J connectivity index is 1.29. The number of likely N-dealkylation sites (N-methyl/N-ethyl adjacent to an activating group) is 1. The highest BCUT2D eigenvalue weighted by Crippen LogP contribution is 2.29. The van der Waals surface area contributed by atoms with Crippen molar-refractivity contribution >= 4 is 35.0 Å². The predicted molar refractivity (Wildman–Crippen MR) is 178 cm³/mol. The Hall–Kier alpha value is -2.94. The molecule has 1 saturated heterocycles. The van der Waals surface area contributed by atoms with Gasteiger partial charge in [0.05, 0.1) is 6.04 Å². The summed E-state index contributed by atoms with van der Waals surface area (Å²) in [5, 5.41) is 7.89. The van der Waals surface area contributed by atoms with Gasteiger partial charge in [0.25, 0.3) is 0 Å². The highest BCUT2D eigenvalue weighted by molar-refractivity contribution is 6.31. The molecule has 0 spiro atoms. The van der Waals surface area contributed by atoms with Crippen molar-refractivity contribution in [2.45, 2.75) is 51.4 Å². The quantitative estimate of drug-likeness (QED) is 0.312. The fourth-order valence-electron chi connectivity index (χ4n) is 6.32. The van der Waals surface area contributed by atoms with Gasteiger partial charge in [0.15, 0.2) is 0 Å². The highest BCUT2D eigenvalue weighted by Gasteiger charge is 2.34. The van der Waals surface area contributed by atoms with Crippen LogP contribution in [0.3, 0.4) is 0 Å². The van der Waals surface area contributed by atoms with Gasteiger partial charge >= 0.3 is 0 Å². The first-order valence-electron chi connectivity index (χ1n) is 15.7. The molecule has 2 aliphatic heterocycles. The second kappa shape index (κ2) is 15.4. The van der Waals surface area contributed by atoms with Crippen LogP contribution in [-0.2, 0) is 29.0 Å². The molecule has 0 bridgehead atoms. The highest BCUT2D eigenvalue weighted by atomic mass is 35.5. The monoisotopic (exact) mass is 635 g/mol. The van der Waals surface area contributed by atoms with Crippen molar-refractivity contribution in [2.24, 2.45) is 0 Å². The van der Waals surface area contributed by atoms with Gasteiger partial charge in [0.2, 0.25) is 11.8 Å². The van der Waals surface area contributed by atoms with Crippen LogP contribution < -0.4 is 10.6 Å². The largest absolute Gasteiger partial charge is 0.343 e. The maximum Gasteiger partial charge on any atom is 0.245 e. The number of hydrogen-bond acceptors (Lipinski definition) is 5. The lowest BCUT2D eigenvalue weighted by molar-refractivity contribution is -0.138. The van der Waals surface area contributed by atoms with E-state index in [1.807, 2.05) is 59.5 Å². The van der Waals surface area contributed by atoms with E-state index in [0.717, 1.165) is 48.9 Å². The predicted octanol–water partition coefficient (Wildman–Crippen LogP) is 4.96. The molecule has 44 heavy (non-hydrogen) atoms. The first-order valence-corrected chi connectivity index (χ1v) is 16.5. The molecule has 3 aromatic rings. The zero-order valence-electron chi connectivity index (χ0n) is 25.6. The molecule has 0 aliphatic carbocycles. The van der Waals surface area contributed by atoms with Crippen LogP contribution in [0.25, 0.3) is 0 Å². The van der Waals surface area contributed by atoms with Crippen LogP contribution in [0.4, 0.5) is 0 Å². The van der Waals surface area contributed by atoms with Gasteiger partial charge in [-0.05, 0) is 60.0 Å². The van der Waals surface area contributed by atoms with Crippen molar-refractivity contribution in [1.82, 2.24) is 25.3 Å². The van der Waals surface area contributed by atoms with E-state index in [1.54, 1.807) is 0 Å². The van der Waals surface area contributed by atoms with E-state index in [2.05, 4.69) is 52.5 Å². The number of piperazine rings is 1. The molecule has 2 aliphatic rings. The van der Waals surface area contributed by atoms with Crippen molar-refractivity contribution < 1.29 is 9.59 Å². The summed E-state index contributed by atoms with van der Waals surface area (Å²) in [7, 11) is 0. The van der Waals surface area contributed by atoms with E-state index in [0.29, 0.717) is 37.5 Å². The average Bonchev–Trinajstić information content (AvgIpc) is 3.06. The third-order valence-electron chi connectivity index (χ3n) is 9.02. The molecule has 7 nitrogen and oxygen atoms in total. The van der Waals surface area contributed by atoms with E-state index in [1.165, 1.54) is 11.1 Å². The molecule has 2 amide bonds. The Morgan fingerprint density at radius 2 is 1.57 bits per heavy atom. The third-order valence-corrected chi connectivity index (χ3v) is 9.62. The van der Waals surface area contributed by atoms with Gasteiger partial charge in [-0.3, -0.25) is 14.5 Å². The number of carbonyl (C=O) groups excluding carboxylic acids is 2. The van der Waals surface area contributed by atoms with Crippen LogP contribution in [0.15, 0.2) is 72.8 Å². The van der Waals surface area contributed by atoms with Gasteiger partial charge in [0, 0.05) is 61.8 Å². The molecule has 1 unspecified atom stereocenters. The van der Waals surface area contributed by atoms with E-state index >= 15 is 0 Å². The summed E-state index contributed by atoms with van der Waals surface area (Å²) in [4.78, 5) is 34.4. The molecule has 0 saturated carbocycles. The third kappa shape index (κ3) is 8.01. The standard InChI is InChI=1S/C35H43Cl2N5O2/c1-3-40(4-2)24-33(29-11-7-8-12-30(29)37)41-17-19-42(20-18-41)35(44)32(21-25-13-15-28(36)16-14-25)39-34(43)31-22-26-9-5-6-10-27(26)23-38-31/h5-16,31-33,38H,3-4,17-24H2,1-2H3,(H,39,43)/t31-,32-,33?/m1/s1. The summed E-state index contributed by atoms with van der Waals surface area (Å²) in [6.07, 6.45) is 0.994. The Bertz CT molecular complexity index is 1410. The number of amides is 2. The number of carbonyl (C=O) groups is 2. The summed E-state index contributed by atoms with van der Waals surface area (Å²) in [5.74, 6) is -0.203. The van der Waals surface area contributed by atoms with Crippen molar-refractivity contribution in [3.8, 4) is 0 Å². The smallest absolute Gasteiger partial charge is 0.245 e. The first-order chi connectivity index (χ1) is 21.4. The van der Waals surface area contributed by atoms with Crippen molar-refractivity contribution in [3.63, 3.8) is 0 Å². The van der Waals surface area contributed by atoms with E-state index in [4.69, 9.17) is 23.2 Å². The maximum atomic E-state index is 14.1. The second-order valence-corrected chi connectivity index (χ2v) is 12.5. The summed E-state index contributed by atoms with van der Waals surface area (Å²) < 4.78 is 0. The lowest BCUT2D eigenvalue weighted by Gasteiger charge is -2.42. The molecular weight excluding hydrogens is 593 g/mol. The lowest BCUT2D eigenvalue weighted by atomic mass is 9.95. The number of rotatable bonds is 11. The summed E-state index contributed by atoms with van der Waals surface area (Å²) in [5.41, 5.74) is 4.45. The number of benzene rings is 3. The number of nitrogens with one attached hydrogen (secondary N) is 2. The van der Waals surface area contributed by atoms with Gasteiger partial charge in [-0.1, -0.05) is 91.6 Å². The molecule has 3 aromatic carbocycles. The van der Waals surface area contributed by atoms with Crippen LogP contribution in [-0.4, -0.2) is 84.4 Å². The minimum absolute atomic E-state index is 0.0535. The van der Waals surface area contributed by atoms with Gasteiger partial charge in [0.1, 0.15) is 6.04 Å². The van der Waals surface area contributed by atoms with E-state index in [-0.39, 0.29) is 17.9 Å². The summed E-state index contributed by atoms with van der Waals surface area (Å²) in [6.45, 7) is 10.4. The van der Waals surface area contributed by atoms with Gasteiger partial charge < -0.3 is 20.4 Å². The molecular formula is C35H43Cl2N5O2. The topological polar surface area (TPSA) is 67.9 Å². The maximum absolute atomic E-state index is 14.1. The van der Waals surface area contributed by atoms with Crippen LogP contribution in [0, 0.1) is 0 Å². The molecule has 0 radical (unpaired) electrons. The molecule has 234 valence electrons. The SMILES string of the molecule is CCN(CC)CC(c1ccccc1Cl)N1CCN(C(=O)[C@@H](Cc2ccc(Cl)cc2)NC(=O)[C@H]2Cc3ccccc3CN2)CC1. The minimum Gasteiger partial charge on any atom is -0.343 e. The Labute approximate surface area is 271 Å². The number of halogens is 2. The van der Waals surface area contributed by atoms with E-state index < -0.39 is 12.1 Å². The molecule has 9 heteroatoms. The fraction of sp³-hybridized carbons (Fsp3) is 0.429. The van der Waals surface area contributed by atoms with Crippen LogP contribution in [0.5, 0.6) is 0 Å². The summed E-state index contributed by atoms with van der Waals surface area (Å²) >= 11 is 12.8. The minimum atomic E-state index is -0.677. The molecule has 2 heterocycles. The average molecular weight is 637 g/mol. The first kappa shape index (κ1) is 32.5. The molecule has 2 N–H and O–H groups in total. The lowest BCUT2D eigenvalue weighted by Crippen LogP contribution is -2.58. The van der Waals surface area contributed by atoms with Gasteiger partial charge in [-0.25, -0.2) is 0 Å². The number of hydrogen-bond donors (Lipinski definition) is 2. The molecule has 1 fully saturated rings. The van der Waals surface area contributed by atoms with Gasteiger partial charge in [-0.2, -0.15) is 0 Å². The van der Waals surface area contributed by atoms with Crippen molar-refractivity contribution in [1.29, 1.82) is 0 Å². The molecule has 0 aromatic heterocycles. The fourth-order valence-corrected chi connectivity index (χ4v) is 6.71. The zero-order chi connectivity index (χ0) is 31.1. The van der Waals surface area contributed by atoms with Crippen LogP contribution in [0.1, 0.15) is 42.1 Å².